The van der Waals surface area contributed by atoms with Crippen LogP contribution in [0.4, 0.5) is 0 Å². The van der Waals surface area contributed by atoms with E-state index in [2.05, 4.69) is 11.9 Å². The maximum Gasteiger partial charge on any atom is 0.0794 e. The van der Waals surface area contributed by atoms with E-state index in [-0.39, 0.29) is 5.38 Å². The van der Waals surface area contributed by atoms with Gasteiger partial charge >= 0.3 is 0 Å². The number of alkyl halides is 1. The summed E-state index contributed by atoms with van der Waals surface area (Å²) in [6, 6.07) is 0. The number of hydrogen-bond donors (Lipinski definition) is 0. The van der Waals surface area contributed by atoms with E-state index in [0.29, 0.717) is 5.92 Å². The lowest BCUT2D eigenvalue weighted by Gasteiger charge is -2.10. The number of rotatable bonds is 4. The van der Waals surface area contributed by atoms with Gasteiger partial charge < -0.3 is 0 Å². The molecule has 12 heavy (non-hydrogen) atoms. The summed E-state index contributed by atoms with van der Waals surface area (Å²) in [5.41, 5.74) is 1.88. The third kappa shape index (κ3) is 3.55. The second-order valence-electron chi connectivity index (χ2n) is 3.29. The maximum absolute atomic E-state index is 5.90. The highest BCUT2D eigenvalue weighted by Crippen LogP contribution is 2.18. The van der Waals surface area contributed by atoms with Crippen molar-refractivity contribution < 1.29 is 0 Å². The SMILES string of the molecule is CC(Cl)CC(C)Cc1cncs1. The molecule has 0 aliphatic carbocycles. The lowest BCUT2D eigenvalue weighted by atomic mass is 10.0. The first-order chi connectivity index (χ1) is 5.68. The summed E-state index contributed by atoms with van der Waals surface area (Å²) >= 11 is 7.62. The molecule has 2 atom stereocenters. The number of nitrogens with zero attached hydrogens (tertiary/aromatic N) is 1. The molecule has 3 heteroatoms. The minimum absolute atomic E-state index is 0.285. The van der Waals surface area contributed by atoms with E-state index in [1.54, 1.807) is 11.3 Å². The maximum atomic E-state index is 5.90. The topological polar surface area (TPSA) is 12.9 Å². The van der Waals surface area contributed by atoms with Gasteiger partial charge in [-0.25, -0.2) is 0 Å². The Kier molecular flexibility index (Phi) is 4.02. The predicted molar refractivity (Wildman–Crippen MR) is 54.9 cm³/mol. The van der Waals surface area contributed by atoms with Crippen LogP contribution in [0.25, 0.3) is 0 Å². The van der Waals surface area contributed by atoms with Crippen molar-refractivity contribution in [1.82, 2.24) is 4.98 Å². The van der Waals surface area contributed by atoms with E-state index in [1.165, 1.54) is 4.88 Å². The number of halogens is 1. The molecule has 0 N–H and O–H groups in total. The third-order valence-corrected chi connectivity index (χ3v) is 2.74. The molecule has 68 valence electrons. The minimum Gasteiger partial charge on any atom is -0.253 e. The third-order valence-electron chi connectivity index (χ3n) is 1.76. The van der Waals surface area contributed by atoms with Gasteiger partial charge in [-0.1, -0.05) is 6.92 Å². The van der Waals surface area contributed by atoms with E-state index in [9.17, 15) is 0 Å². The van der Waals surface area contributed by atoms with Crippen molar-refractivity contribution in [3.8, 4) is 0 Å². The van der Waals surface area contributed by atoms with Gasteiger partial charge in [0.1, 0.15) is 0 Å². The van der Waals surface area contributed by atoms with Crippen LogP contribution in [0.1, 0.15) is 25.1 Å². The van der Waals surface area contributed by atoms with Gasteiger partial charge in [-0.15, -0.1) is 22.9 Å². The highest BCUT2D eigenvalue weighted by atomic mass is 35.5. The van der Waals surface area contributed by atoms with Gasteiger partial charge in [0.05, 0.1) is 5.51 Å². The van der Waals surface area contributed by atoms with Crippen molar-refractivity contribution in [3.63, 3.8) is 0 Å². The second-order valence-corrected chi connectivity index (χ2v) is 5.01. The zero-order chi connectivity index (χ0) is 8.97. The lowest BCUT2D eigenvalue weighted by molar-refractivity contribution is 0.530. The van der Waals surface area contributed by atoms with Crippen molar-refractivity contribution in [2.75, 3.05) is 0 Å². The number of hydrogen-bond acceptors (Lipinski definition) is 2. The summed E-state index contributed by atoms with van der Waals surface area (Å²) in [4.78, 5) is 5.40. The first-order valence-electron chi connectivity index (χ1n) is 4.20. The van der Waals surface area contributed by atoms with Crippen molar-refractivity contribution in [3.05, 3.63) is 16.6 Å². The minimum atomic E-state index is 0.285. The molecule has 0 saturated heterocycles. The number of aromatic nitrogens is 1. The molecule has 0 bridgehead atoms. The number of thiazole rings is 1. The smallest absolute Gasteiger partial charge is 0.0794 e. The van der Waals surface area contributed by atoms with Gasteiger partial charge in [-0.2, -0.15) is 0 Å². The first-order valence-corrected chi connectivity index (χ1v) is 5.51. The van der Waals surface area contributed by atoms with Crippen molar-refractivity contribution >= 4 is 22.9 Å². The van der Waals surface area contributed by atoms with Gasteiger partial charge in [0.25, 0.3) is 0 Å². The Bertz CT molecular complexity index is 208. The van der Waals surface area contributed by atoms with Crippen molar-refractivity contribution in [2.24, 2.45) is 5.92 Å². The van der Waals surface area contributed by atoms with Crippen LogP contribution >= 0.6 is 22.9 Å². The molecule has 0 fully saturated rings. The Morgan fingerprint density at radius 2 is 2.33 bits per heavy atom. The van der Waals surface area contributed by atoms with Crippen LogP contribution in [0.3, 0.4) is 0 Å². The fourth-order valence-corrected chi connectivity index (χ4v) is 2.39. The standard InChI is InChI=1S/C9H14ClNS/c1-7(3-8(2)10)4-9-5-11-6-12-9/h5-8H,3-4H2,1-2H3. The van der Waals surface area contributed by atoms with E-state index in [0.717, 1.165) is 12.8 Å². The molecule has 0 spiro atoms. The molecule has 1 aromatic heterocycles. The van der Waals surface area contributed by atoms with Gasteiger partial charge in [0, 0.05) is 16.5 Å². The van der Waals surface area contributed by atoms with E-state index < -0.39 is 0 Å². The summed E-state index contributed by atoms with van der Waals surface area (Å²) in [5, 5.41) is 0.285. The van der Waals surface area contributed by atoms with E-state index >= 15 is 0 Å². The lowest BCUT2D eigenvalue weighted by Crippen LogP contribution is -2.04. The Balaban J connectivity index is 2.32. The van der Waals surface area contributed by atoms with Crippen molar-refractivity contribution in [1.29, 1.82) is 0 Å². The predicted octanol–water partition coefficient (Wildman–Crippen LogP) is 3.34. The molecule has 2 unspecified atom stereocenters. The van der Waals surface area contributed by atoms with Crippen LogP contribution < -0.4 is 0 Å². The van der Waals surface area contributed by atoms with E-state index in [1.807, 2.05) is 18.6 Å². The van der Waals surface area contributed by atoms with Gasteiger partial charge in [0.2, 0.25) is 0 Å². The molecule has 1 heterocycles. The highest BCUT2D eigenvalue weighted by Gasteiger charge is 2.07. The summed E-state index contributed by atoms with van der Waals surface area (Å²) in [5.74, 6) is 0.665. The summed E-state index contributed by atoms with van der Waals surface area (Å²) in [7, 11) is 0. The highest BCUT2D eigenvalue weighted by molar-refractivity contribution is 7.09. The zero-order valence-electron chi connectivity index (χ0n) is 7.46. The Morgan fingerprint density at radius 1 is 1.58 bits per heavy atom. The van der Waals surface area contributed by atoms with E-state index in [4.69, 9.17) is 11.6 Å². The molecule has 0 amide bonds. The van der Waals surface area contributed by atoms with Crippen LogP contribution in [-0.4, -0.2) is 10.4 Å². The molecular formula is C9H14ClNS. The monoisotopic (exact) mass is 203 g/mol. The van der Waals surface area contributed by atoms with Crippen LogP contribution in [0.2, 0.25) is 0 Å². The molecule has 1 rings (SSSR count). The van der Waals surface area contributed by atoms with Crippen LogP contribution in [0.5, 0.6) is 0 Å². The van der Waals surface area contributed by atoms with Crippen LogP contribution in [0.15, 0.2) is 11.7 Å². The van der Waals surface area contributed by atoms with Gasteiger partial charge in [0.15, 0.2) is 0 Å². The molecule has 1 nitrogen and oxygen atoms in total. The Morgan fingerprint density at radius 3 is 2.83 bits per heavy atom. The Hall–Kier alpha value is -0.0800. The van der Waals surface area contributed by atoms with Gasteiger partial charge in [-0.3, -0.25) is 4.98 Å². The molecule has 0 saturated carbocycles. The molecule has 0 radical (unpaired) electrons. The van der Waals surface area contributed by atoms with Gasteiger partial charge in [-0.05, 0) is 25.7 Å². The second kappa shape index (κ2) is 4.83. The molecular weight excluding hydrogens is 190 g/mol. The van der Waals surface area contributed by atoms with Crippen LogP contribution in [-0.2, 0) is 6.42 Å². The average Bonchev–Trinajstić information content (AvgIpc) is 2.37. The summed E-state index contributed by atoms with van der Waals surface area (Å²) < 4.78 is 0. The molecule has 1 aromatic rings. The first kappa shape index (κ1) is 10.0. The fourth-order valence-electron chi connectivity index (χ4n) is 1.32. The molecule has 0 aliphatic heterocycles. The quantitative estimate of drug-likeness (QED) is 0.685. The summed E-state index contributed by atoms with van der Waals surface area (Å²) in [6.07, 6.45) is 4.14. The zero-order valence-corrected chi connectivity index (χ0v) is 9.03. The average molecular weight is 204 g/mol. The largest absolute Gasteiger partial charge is 0.253 e. The van der Waals surface area contributed by atoms with Crippen LogP contribution in [0, 0.1) is 5.92 Å². The normalized spacial score (nSPS) is 15.9. The molecule has 0 aromatic carbocycles. The summed E-state index contributed by atoms with van der Waals surface area (Å²) in [6.45, 7) is 4.28. The molecule has 0 aliphatic rings. The van der Waals surface area contributed by atoms with Crippen molar-refractivity contribution in [2.45, 2.75) is 32.1 Å². The Labute approximate surface area is 82.8 Å². The fraction of sp³-hybridized carbons (Fsp3) is 0.667.